The summed E-state index contributed by atoms with van der Waals surface area (Å²) in [4.78, 5) is 47.9. The first-order chi connectivity index (χ1) is 19.3. The monoisotopic (exact) mass is 538 g/mol. The number of nitrogens with zero attached hydrogens (tertiary/aromatic N) is 1. The fraction of sp³-hybridized carbons (Fsp3) is 0.273. The third-order valence-electron chi connectivity index (χ3n) is 6.88. The highest BCUT2D eigenvalue weighted by molar-refractivity contribution is 6.12. The van der Waals surface area contributed by atoms with Crippen LogP contribution < -0.4 is 5.32 Å². The number of hydrogen-bond acceptors (Lipinski definition) is 5. The molecule has 4 rings (SSSR count). The summed E-state index contributed by atoms with van der Waals surface area (Å²) >= 11 is 0. The Labute approximate surface area is 233 Å². The molecule has 1 N–H and O–H groups in total. The highest BCUT2D eigenvalue weighted by Crippen LogP contribution is 2.31. The molecule has 0 saturated carbocycles. The Morgan fingerprint density at radius 3 is 1.98 bits per heavy atom. The van der Waals surface area contributed by atoms with Crippen LogP contribution in [-0.4, -0.2) is 34.6 Å². The fourth-order valence-corrected chi connectivity index (χ4v) is 4.73. The molecule has 0 unspecified atom stereocenters. The van der Waals surface area contributed by atoms with Crippen LogP contribution in [0.3, 0.4) is 0 Å². The number of fused-ring (bicyclic) bond motifs is 3. The minimum Gasteiger partial charge on any atom is -0.463 e. The summed E-state index contributed by atoms with van der Waals surface area (Å²) in [5.41, 5.74) is 5.14. The second kappa shape index (κ2) is 13.0. The molecule has 1 amide bonds. The maximum absolute atomic E-state index is 12.5. The van der Waals surface area contributed by atoms with Gasteiger partial charge in [-0.25, -0.2) is 4.79 Å². The Balaban J connectivity index is 1.34. The van der Waals surface area contributed by atoms with Gasteiger partial charge in [0.15, 0.2) is 11.6 Å². The van der Waals surface area contributed by atoms with E-state index >= 15 is 0 Å². The van der Waals surface area contributed by atoms with E-state index in [1.54, 1.807) is 26.8 Å². The lowest BCUT2D eigenvalue weighted by Crippen LogP contribution is -2.22. The molecule has 0 radical (unpaired) electrons. The number of ether oxygens (including phenoxy) is 1. The molecule has 1 aromatic heterocycles. The second-order valence-corrected chi connectivity index (χ2v) is 9.79. The fourth-order valence-electron chi connectivity index (χ4n) is 4.73. The zero-order chi connectivity index (χ0) is 28.6. The number of Topliss-reactive ketones (excluding diaryl/α,β-unsaturated/α-hetero) is 2. The van der Waals surface area contributed by atoms with Gasteiger partial charge >= 0.3 is 5.97 Å². The smallest absolute Gasteiger partial charge is 0.330 e. The molecule has 0 spiro atoms. The first-order valence-electron chi connectivity index (χ1n) is 13.5. The number of hydrogen-bond donors (Lipinski definition) is 1. The van der Waals surface area contributed by atoms with Gasteiger partial charge in [0.2, 0.25) is 5.91 Å². The maximum Gasteiger partial charge on any atom is 0.330 e. The zero-order valence-electron chi connectivity index (χ0n) is 23.2. The molecular weight excluding hydrogens is 504 g/mol. The Morgan fingerprint density at radius 2 is 1.43 bits per heavy atom. The maximum atomic E-state index is 12.5. The molecule has 0 aliphatic carbocycles. The highest BCUT2D eigenvalue weighted by atomic mass is 16.5. The Hall–Kier alpha value is -4.52. The van der Waals surface area contributed by atoms with E-state index < -0.39 is 0 Å². The van der Waals surface area contributed by atoms with E-state index in [1.807, 2.05) is 60.7 Å². The van der Waals surface area contributed by atoms with Crippen LogP contribution in [0.25, 0.3) is 27.9 Å². The molecule has 0 saturated heterocycles. The number of benzene rings is 3. The van der Waals surface area contributed by atoms with Crippen LogP contribution in [0.5, 0.6) is 0 Å². The van der Waals surface area contributed by atoms with E-state index in [1.165, 1.54) is 6.08 Å². The van der Waals surface area contributed by atoms with Gasteiger partial charge in [-0.3, -0.25) is 14.4 Å². The topological polar surface area (TPSA) is 94.5 Å². The zero-order valence-corrected chi connectivity index (χ0v) is 23.2. The molecule has 0 aliphatic heterocycles. The van der Waals surface area contributed by atoms with Crippen LogP contribution in [0.4, 0.5) is 0 Å². The lowest BCUT2D eigenvalue weighted by molar-refractivity contribution is -0.137. The number of carbonyl (C=O) groups is 4. The summed E-state index contributed by atoms with van der Waals surface area (Å²) in [5.74, 6) is -0.386. The molecule has 0 atom stereocenters. The molecule has 7 nitrogen and oxygen atoms in total. The van der Waals surface area contributed by atoms with E-state index in [0.717, 1.165) is 45.8 Å². The summed E-state index contributed by atoms with van der Waals surface area (Å²) in [5, 5.41) is 4.87. The molecule has 0 aliphatic rings. The molecule has 0 bridgehead atoms. The molecule has 1 heterocycles. The van der Waals surface area contributed by atoms with Crippen molar-refractivity contribution in [3.8, 4) is 0 Å². The molecular formula is C33H34N2O5. The summed E-state index contributed by atoms with van der Waals surface area (Å²) in [6, 6.07) is 19.0. The minimum absolute atomic E-state index is 0.00156. The number of unbranched alkanes of at least 4 members (excludes halogenated alkanes) is 1. The first-order valence-corrected chi connectivity index (χ1v) is 13.5. The van der Waals surface area contributed by atoms with Crippen LogP contribution in [0.1, 0.15) is 71.9 Å². The molecule has 40 heavy (non-hydrogen) atoms. The summed E-state index contributed by atoms with van der Waals surface area (Å²) in [7, 11) is 0. The molecule has 0 fully saturated rings. The van der Waals surface area contributed by atoms with Crippen molar-refractivity contribution in [1.29, 1.82) is 0 Å². The van der Waals surface area contributed by atoms with Crippen molar-refractivity contribution >= 4 is 51.3 Å². The number of rotatable bonds is 12. The summed E-state index contributed by atoms with van der Waals surface area (Å²) in [6.45, 7) is 6.35. The van der Waals surface area contributed by atoms with Gasteiger partial charge in [0.1, 0.15) is 0 Å². The van der Waals surface area contributed by atoms with Crippen LogP contribution in [-0.2, 0) is 27.4 Å². The van der Waals surface area contributed by atoms with Crippen molar-refractivity contribution in [3.05, 3.63) is 89.0 Å². The van der Waals surface area contributed by atoms with E-state index in [0.29, 0.717) is 37.2 Å². The van der Waals surface area contributed by atoms with Gasteiger partial charge in [-0.1, -0.05) is 24.3 Å². The van der Waals surface area contributed by atoms with Crippen molar-refractivity contribution < 1.29 is 23.9 Å². The van der Waals surface area contributed by atoms with Gasteiger partial charge in [-0.15, -0.1) is 0 Å². The molecule has 206 valence electrons. The normalized spacial score (nSPS) is 11.3. The van der Waals surface area contributed by atoms with Crippen molar-refractivity contribution in [2.75, 3.05) is 6.61 Å². The SMILES string of the molecule is CCOC(=O)/C=C/c1ccc(CNC(=O)CCCCn2c3ccc(C(C)=O)cc3c3cc(C(C)=O)ccc32)cc1. The lowest BCUT2D eigenvalue weighted by Gasteiger charge is -2.09. The van der Waals surface area contributed by atoms with Crippen molar-refractivity contribution in [2.45, 2.75) is 53.1 Å². The Bertz CT molecular complexity index is 1520. The number of esters is 1. The Kier molecular flexibility index (Phi) is 9.27. The standard InChI is InChI=1S/C33H34N2O5/c1-4-40-33(39)17-12-24-8-10-25(11-9-24)21-34-32(38)7-5-6-18-35-30-15-13-26(22(2)36)19-28(30)29-20-27(23(3)37)14-16-31(29)35/h8-17,19-20H,4-7,18,21H2,1-3H3,(H,34,38)/b17-12+. The van der Waals surface area contributed by atoms with Crippen LogP contribution in [0.15, 0.2) is 66.7 Å². The average Bonchev–Trinajstić information content (AvgIpc) is 3.26. The summed E-state index contributed by atoms with van der Waals surface area (Å²) < 4.78 is 7.08. The number of carbonyl (C=O) groups excluding carboxylic acids is 4. The average molecular weight is 539 g/mol. The minimum atomic E-state index is -0.374. The van der Waals surface area contributed by atoms with Gasteiger partial charge in [-0.05, 0) is 87.2 Å². The Morgan fingerprint density at radius 1 is 0.825 bits per heavy atom. The van der Waals surface area contributed by atoms with Gasteiger partial charge in [0.05, 0.1) is 6.61 Å². The second-order valence-electron chi connectivity index (χ2n) is 9.79. The third-order valence-corrected chi connectivity index (χ3v) is 6.88. The van der Waals surface area contributed by atoms with E-state index in [2.05, 4.69) is 9.88 Å². The third kappa shape index (κ3) is 6.91. The first kappa shape index (κ1) is 28.5. The quantitative estimate of drug-likeness (QED) is 0.0994. The van der Waals surface area contributed by atoms with Gasteiger partial charge in [-0.2, -0.15) is 0 Å². The molecule has 3 aromatic carbocycles. The molecule has 4 aromatic rings. The molecule has 7 heteroatoms. The van der Waals surface area contributed by atoms with Crippen molar-refractivity contribution in [1.82, 2.24) is 9.88 Å². The van der Waals surface area contributed by atoms with Crippen LogP contribution >= 0.6 is 0 Å². The van der Waals surface area contributed by atoms with Gasteiger partial charge in [0, 0.05) is 58.5 Å². The summed E-state index contributed by atoms with van der Waals surface area (Å²) in [6.07, 6.45) is 5.03. The lowest BCUT2D eigenvalue weighted by atomic mass is 10.0. The highest BCUT2D eigenvalue weighted by Gasteiger charge is 2.14. The van der Waals surface area contributed by atoms with Gasteiger partial charge < -0.3 is 14.6 Å². The van der Waals surface area contributed by atoms with E-state index in [-0.39, 0.29) is 23.4 Å². The number of ketones is 2. The predicted octanol–water partition coefficient (Wildman–Crippen LogP) is 6.26. The van der Waals surface area contributed by atoms with E-state index in [9.17, 15) is 19.2 Å². The van der Waals surface area contributed by atoms with Crippen LogP contribution in [0, 0.1) is 0 Å². The number of aryl methyl sites for hydroxylation is 1. The van der Waals surface area contributed by atoms with Crippen LogP contribution in [0.2, 0.25) is 0 Å². The van der Waals surface area contributed by atoms with Crippen molar-refractivity contribution in [3.63, 3.8) is 0 Å². The largest absolute Gasteiger partial charge is 0.463 e. The number of nitrogens with one attached hydrogen (secondary N) is 1. The van der Waals surface area contributed by atoms with E-state index in [4.69, 9.17) is 4.74 Å². The number of amides is 1. The van der Waals surface area contributed by atoms with Crippen molar-refractivity contribution in [2.24, 2.45) is 0 Å². The number of aromatic nitrogens is 1. The van der Waals surface area contributed by atoms with Gasteiger partial charge in [0.25, 0.3) is 0 Å². The predicted molar refractivity (Wildman–Crippen MR) is 157 cm³/mol.